The molecule has 0 radical (unpaired) electrons. The summed E-state index contributed by atoms with van der Waals surface area (Å²) in [5.74, 6) is 1.29. The molecule has 0 saturated carbocycles. The van der Waals surface area contributed by atoms with E-state index < -0.39 is 0 Å². The summed E-state index contributed by atoms with van der Waals surface area (Å²) in [5.41, 5.74) is 1.86. The zero-order valence-electron chi connectivity index (χ0n) is 13.7. The smallest absolute Gasteiger partial charge is 0.254 e. The summed E-state index contributed by atoms with van der Waals surface area (Å²) in [6.07, 6.45) is 1.04. The maximum absolute atomic E-state index is 12.6. The van der Waals surface area contributed by atoms with Gasteiger partial charge in [-0.25, -0.2) is 0 Å². The highest BCUT2D eigenvalue weighted by molar-refractivity contribution is 5.95. The van der Waals surface area contributed by atoms with Crippen LogP contribution in [0.15, 0.2) is 18.2 Å². The molecule has 1 fully saturated rings. The molecule has 2 rings (SSSR count). The Balaban J connectivity index is 2.17. The largest absolute Gasteiger partial charge is 0.496 e. The van der Waals surface area contributed by atoms with Crippen LogP contribution < -0.4 is 4.74 Å². The van der Waals surface area contributed by atoms with Gasteiger partial charge in [0.15, 0.2) is 0 Å². The number of nitrogens with zero attached hydrogens (tertiary/aromatic N) is 2. The fraction of sp³-hybridized carbons (Fsp3) is 0.588. The van der Waals surface area contributed by atoms with Gasteiger partial charge in [0.1, 0.15) is 5.75 Å². The van der Waals surface area contributed by atoms with Crippen LogP contribution in [0.5, 0.6) is 5.75 Å². The van der Waals surface area contributed by atoms with Crippen molar-refractivity contribution >= 4 is 5.91 Å². The molecule has 1 aliphatic rings. The second-order valence-corrected chi connectivity index (χ2v) is 6.27. The molecule has 1 amide bonds. The third kappa shape index (κ3) is 3.38. The summed E-state index contributed by atoms with van der Waals surface area (Å²) in [7, 11) is 5.80. The van der Waals surface area contributed by atoms with E-state index in [0.717, 1.165) is 36.4 Å². The van der Waals surface area contributed by atoms with Crippen LogP contribution in [0.3, 0.4) is 0 Å². The first-order chi connectivity index (χ1) is 9.93. The van der Waals surface area contributed by atoms with Crippen LogP contribution in [0, 0.1) is 0 Å². The van der Waals surface area contributed by atoms with E-state index >= 15 is 0 Å². The second-order valence-electron chi connectivity index (χ2n) is 6.27. The lowest BCUT2D eigenvalue weighted by Crippen LogP contribution is -2.34. The molecule has 21 heavy (non-hydrogen) atoms. The van der Waals surface area contributed by atoms with Gasteiger partial charge in [-0.15, -0.1) is 0 Å². The number of hydrogen-bond acceptors (Lipinski definition) is 3. The van der Waals surface area contributed by atoms with Gasteiger partial charge in [0.05, 0.1) is 7.11 Å². The number of carbonyl (C=O) groups excluding carboxylic acids is 1. The monoisotopic (exact) mass is 290 g/mol. The maximum Gasteiger partial charge on any atom is 0.254 e. The van der Waals surface area contributed by atoms with Crippen LogP contribution in [0.1, 0.15) is 42.1 Å². The van der Waals surface area contributed by atoms with E-state index in [-0.39, 0.29) is 5.91 Å². The van der Waals surface area contributed by atoms with E-state index in [1.165, 1.54) is 0 Å². The van der Waals surface area contributed by atoms with Gasteiger partial charge in [-0.05, 0) is 44.1 Å². The van der Waals surface area contributed by atoms with Gasteiger partial charge >= 0.3 is 0 Å². The lowest BCUT2D eigenvalue weighted by atomic mass is 10.00. The number of likely N-dealkylation sites (N-methyl/N-ethyl adjacent to an activating group) is 1. The Morgan fingerprint density at radius 3 is 2.62 bits per heavy atom. The van der Waals surface area contributed by atoms with Crippen molar-refractivity contribution in [3.8, 4) is 5.75 Å². The van der Waals surface area contributed by atoms with Crippen molar-refractivity contribution in [1.29, 1.82) is 0 Å². The summed E-state index contributed by atoms with van der Waals surface area (Å²) in [6, 6.07) is 6.27. The van der Waals surface area contributed by atoms with Crippen LogP contribution in [0.25, 0.3) is 0 Å². The Kier molecular flexibility index (Phi) is 4.88. The molecule has 0 aromatic heterocycles. The molecule has 0 N–H and O–H groups in total. The molecule has 1 unspecified atom stereocenters. The van der Waals surface area contributed by atoms with E-state index in [2.05, 4.69) is 32.8 Å². The average Bonchev–Trinajstić information content (AvgIpc) is 2.95. The number of benzene rings is 1. The average molecular weight is 290 g/mol. The number of rotatable bonds is 4. The Labute approximate surface area is 127 Å². The molecule has 0 aliphatic carbocycles. The Bertz CT molecular complexity index is 512. The van der Waals surface area contributed by atoms with Crippen molar-refractivity contribution in [1.82, 2.24) is 9.80 Å². The minimum Gasteiger partial charge on any atom is -0.496 e. The molecule has 4 nitrogen and oxygen atoms in total. The molecule has 1 heterocycles. The quantitative estimate of drug-likeness (QED) is 0.854. The molecule has 1 aromatic rings. The van der Waals surface area contributed by atoms with Crippen LogP contribution in [0.2, 0.25) is 0 Å². The molecule has 1 aromatic carbocycles. The van der Waals surface area contributed by atoms with Crippen molar-refractivity contribution in [2.24, 2.45) is 0 Å². The highest BCUT2D eigenvalue weighted by atomic mass is 16.5. The summed E-state index contributed by atoms with van der Waals surface area (Å²) in [4.78, 5) is 16.7. The first kappa shape index (κ1) is 15.8. The van der Waals surface area contributed by atoms with E-state index in [1.807, 2.05) is 23.1 Å². The summed E-state index contributed by atoms with van der Waals surface area (Å²) >= 11 is 0. The molecule has 1 saturated heterocycles. The highest BCUT2D eigenvalue weighted by Gasteiger charge is 2.28. The lowest BCUT2D eigenvalue weighted by Gasteiger charge is -2.21. The summed E-state index contributed by atoms with van der Waals surface area (Å²) < 4.78 is 5.44. The Morgan fingerprint density at radius 2 is 2.10 bits per heavy atom. The highest BCUT2D eigenvalue weighted by Crippen LogP contribution is 2.28. The van der Waals surface area contributed by atoms with E-state index in [4.69, 9.17) is 4.74 Å². The number of methoxy groups -OCH3 is 1. The molecule has 116 valence electrons. The van der Waals surface area contributed by atoms with Gasteiger partial charge in [0.25, 0.3) is 5.91 Å². The zero-order valence-corrected chi connectivity index (χ0v) is 13.7. The van der Waals surface area contributed by atoms with Crippen molar-refractivity contribution in [2.45, 2.75) is 32.2 Å². The normalized spacial score (nSPS) is 18.6. The maximum atomic E-state index is 12.6. The molecule has 1 atom stereocenters. The second kappa shape index (κ2) is 6.48. The Hall–Kier alpha value is -1.55. The molecular formula is C17H26N2O2. The standard InChI is InChI=1S/C17H26N2O2/c1-12(2)15-7-6-13(10-16(15)21-5)17(20)19-9-8-14(11-19)18(3)4/h6-7,10,12,14H,8-9,11H2,1-5H3. The van der Waals surface area contributed by atoms with Gasteiger partial charge in [-0.2, -0.15) is 0 Å². The van der Waals surface area contributed by atoms with Gasteiger partial charge < -0.3 is 14.5 Å². The minimum absolute atomic E-state index is 0.105. The van der Waals surface area contributed by atoms with Crippen molar-refractivity contribution < 1.29 is 9.53 Å². The SMILES string of the molecule is COc1cc(C(=O)N2CCC(N(C)C)C2)ccc1C(C)C. The van der Waals surface area contributed by atoms with Crippen molar-refractivity contribution in [3.05, 3.63) is 29.3 Å². The minimum atomic E-state index is 0.105. The topological polar surface area (TPSA) is 32.8 Å². The number of hydrogen-bond donors (Lipinski definition) is 0. The van der Waals surface area contributed by atoms with Crippen molar-refractivity contribution in [2.75, 3.05) is 34.3 Å². The van der Waals surface area contributed by atoms with Crippen LogP contribution in [-0.4, -0.2) is 56.0 Å². The fourth-order valence-corrected chi connectivity index (χ4v) is 2.85. The molecule has 0 spiro atoms. The third-order valence-corrected chi connectivity index (χ3v) is 4.28. The zero-order chi connectivity index (χ0) is 15.6. The number of amides is 1. The molecule has 1 aliphatic heterocycles. The number of ether oxygens (including phenoxy) is 1. The first-order valence-corrected chi connectivity index (χ1v) is 7.57. The van der Waals surface area contributed by atoms with E-state index in [9.17, 15) is 4.79 Å². The van der Waals surface area contributed by atoms with Crippen LogP contribution in [-0.2, 0) is 0 Å². The van der Waals surface area contributed by atoms with Crippen LogP contribution >= 0.6 is 0 Å². The summed E-state index contributed by atoms with van der Waals surface area (Å²) in [6.45, 7) is 5.89. The molecule has 4 heteroatoms. The van der Waals surface area contributed by atoms with Gasteiger partial charge in [0, 0.05) is 24.7 Å². The van der Waals surface area contributed by atoms with Gasteiger partial charge in [0.2, 0.25) is 0 Å². The number of likely N-dealkylation sites (tertiary alicyclic amines) is 1. The third-order valence-electron chi connectivity index (χ3n) is 4.28. The van der Waals surface area contributed by atoms with Crippen LogP contribution in [0.4, 0.5) is 0 Å². The van der Waals surface area contributed by atoms with Gasteiger partial charge in [-0.3, -0.25) is 4.79 Å². The predicted octanol–water partition coefficient (Wildman–Crippen LogP) is 2.59. The summed E-state index contributed by atoms with van der Waals surface area (Å²) in [5, 5.41) is 0. The van der Waals surface area contributed by atoms with E-state index in [1.54, 1.807) is 7.11 Å². The van der Waals surface area contributed by atoms with Crippen molar-refractivity contribution in [3.63, 3.8) is 0 Å². The predicted molar refractivity (Wildman–Crippen MR) is 85.1 cm³/mol. The lowest BCUT2D eigenvalue weighted by molar-refractivity contribution is 0.0782. The van der Waals surface area contributed by atoms with Gasteiger partial charge in [-0.1, -0.05) is 19.9 Å². The van der Waals surface area contributed by atoms with E-state index in [0.29, 0.717) is 12.0 Å². The fourth-order valence-electron chi connectivity index (χ4n) is 2.85. The molecular weight excluding hydrogens is 264 g/mol. The number of carbonyl (C=O) groups is 1. The molecule has 0 bridgehead atoms. The first-order valence-electron chi connectivity index (χ1n) is 7.57. The Morgan fingerprint density at radius 1 is 1.38 bits per heavy atom.